The molecule has 0 aliphatic heterocycles. The molecule has 0 aromatic heterocycles. The maximum absolute atomic E-state index is 11.7. The molecule has 0 spiro atoms. The van der Waals surface area contributed by atoms with Crippen molar-refractivity contribution in [3.63, 3.8) is 0 Å². The average molecular weight is 316 g/mol. The molecule has 0 amide bonds. The van der Waals surface area contributed by atoms with Gasteiger partial charge in [-0.2, -0.15) is 0 Å². The number of rotatable bonds is 3. The zero-order valence-electron chi connectivity index (χ0n) is 11.0. The number of hydrogen-bond donors (Lipinski definition) is 2. The van der Waals surface area contributed by atoms with E-state index in [1.165, 1.54) is 7.11 Å². The lowest BCUT2D eigenvalue weighted by Crippen LogP contribution is -2.37. The van der Waals surface area contributed by atoms with Crippen LogP contribution in [0.5, 0.6) is 5.75 Å². The summed E-state index contributed by atoms with van der Waals surface area (Å²) in [5.41, 5.74) is 6.42. The Bertz CT molecular complexity index is 472. The molecular weight excluding hydrogens is 298 g/mol. The smallest absolute Gasteiger partial charge is 0.313 e. The number of phenols is 1. The van der Waals surface area contributed by atoms with E-state index in [0.29, 0.717) is 11.1 Å². The zero-order valence-corrected chi connectivity index (χ0v) is 12.5. The molecule has 0 bridgehead atoms. The standard InChI is InChI=1S/C13H18BrNO3/c1-7-5-8(14)6-9(10(7)16)11(15)13(2,3)12(17)18-4/h5-6,11,16H,15H2,1-4H3/t11-/m1/s1. The van der Waals surface area contributed by atoms with Gasteiger partial charge in [-0.3, -0.25) is 4.79 Å². The molecule has 4 nitrogen and oxygen atoms in total. The fraction of sp³-hybridized carbons (Fsp3) is 0.462. The number of esters is 1. The Kier molecular flexibility index (Phi) is 4.40. The molecule has 1 aromatic carbocycles. The van der Waals surface area contributed by atoms with Crippen LogP contribution in [0, 0.1) is 12.3 Å². The van der Waals surface area contributed by atoms with Crippen LogP contribution in [-0.4, -0.2) is 18.2 Å². The van der Waals surface area contributed by atoms with E-state index < -0.39 is 17.4 Å². The SMILES string of the molecule is COC(=O)C(C)(C)[C@H](N)c1cc(Br)cc(C)c1O. The van der Waals surface area contributed by atoms with E-state index in [2.05, 4.69) is 15.9 Å². The normalized spacial score (nSPS) is 13.2. The topological polar surface area (TPSA) is 72.5 Å². The number of benzene rings is 1. The van der Waals surface area contributed by atoms with Gasteiger partial charge >= 0.3 is 5.97 Å². The Morgan fingerprint density at radius 1 is 1.50 bits per heavy atom. The number of phenolic OH excluding ortho intramolecular Hbond substituents is 1. The van der Waals surface area contributed by atoms with Gasteiger partial charge in [-0.15, -0.1) is 0 Å². The second-order valence-corrected chi connectivity index (χ2v) is 5.77. The van der Waals surface area contributed by atoms with Crippen LogP contribution in [0.2, 0.25) is 0 Å². The lowest BCUT2D eigenvalue weighted by molar-refractivity contribution is -0.152. The molecule has 0 radical (unpaired) electrons. The Hall–Kier alpha value is -1.07. The largest absolute Gasteiger partial charge is 0.507 e. The van der Waals surface area contributed by atoms with E-state index in [-0.39, 0.29) is 5.75 Å². The molecule has 1 rings (SSSR count). The summed E-state index contributed by atoms with van der Waals surface area (Å²) in [4.78, 5) is 11.7. The van der Waals surface area contributed by atoms with E-state index in [0.717, 1.165) is 4.47 Å². The summed E-state index contributed by atoms with van der Waals surface area (Å²) in [5.74, 6) is -0.297. The van der Waals surface area contributed by atoms with Crippen molar-refractivity contribution in [1.29, 1.82) is 0 Å². The Balaban J connectivity index is 3.26. The Morgan fingerprint density at radius 3 is 2.56 bits per heavy atom. The van der Waals surface area contributed by atoms with Gasteiger partial charge in [-0.25, -0.2) is 0 Å². The zero-order chi connectivity index (χ0) is 14.1. The summed E-state index contributed by atoms with van der Waals surface area (Å²) < 4.78 is 5.55. The first-order chi connectivity index (χ1) is 8.21. The van der Waals surface area contributed by atoms with Crippen molar-refractivity contribution in [2.24, 2.45) is 11.1 Å². The summed E-state index contributed by atoms with van der Waals surface area (Å²) in [5, 5.41) is 10.1. The predicted octanol–water partition coefficient (Wildman–Crippen LogP) is 2.66. The fourth-order valence-electron chi connectivity index (χ4n) is 1.78. The molecule has 1 atom stereocenters. The first-order valence-corrected chi connectivity index (χ1v) is 6.34. The molecule has 0 saturated carbocycles. The van der Waals surface area contributed by atoms with Crippen molar-refractivity contribution in [1.82, 2.24) is 0 Å². The Labute approximate surface area is 115 Å². The van der Waals surface area contributed by atoms with E-state index in [1.54, 1.807) is 32.9 Å². The highest BCUT2D eigenvalue weighted by Gasteiger charge is 2.38. The van der Waals surface area contributed by atoms with E-state index in [1.807, 2.05) is 0 Å². The summed E-state index contributed by atoms with van der Waals surface area (Å²) >= 11 is 3.35. The molecule has 0 heterocycles. The minimum absolute atomic E-state index is 0.114. The molecule has 0 unspecified atom stereocenters. The lowest BCUT2D eigenvalue weighted by atomic mass is 9.80. The fourth-order valence-corrected chi connectivity index (χ4v) is 2.37. The van der Waals surface area contributed by atoms with Crippen LogP contribution < -0.4 is 5.73 Å². The number of aryl methyl sites for hydroxylation is 1. The van der Waals surface area contributed by atoms with Crippen LogP contribution in [-0.2, 0) is 9.53 Å². The van der Waals surface area contributed by atoms with E-state index in [4.69, 9.17) is 10.5 Å². The van der Waals surface area contributed by atoms with Gasteiger partial charge in [0, 0.05) is 16.1 Å². The summed E-state index contributed by atoms with van der Waals surface area (Å²) in [7, 11) is 1.32. The van der Waals surface area contributed by atoms with Crippen LogP contribution in [0.3, 0.4) is 0 Å². The van der Waals surface area contributed by atoms with Gasteiger partial charge < -0.3 is 15.6 Å². The van der Waals surface area contributed by atoms with Crippen LogP contribution in [0.1, 0.15) is 31.0 Å². The second kappa shape index (κ2) is 5.28. The third-order valence-corrected chi connectivity index (χ3v) is 3.58. The van der Waals surface area contributed by atoms with Crippen LogP contribution in [0.25, 0.3) is 0 Å². The number of ether oxygens (including phenoxy) is 1. The molecular formula is C13H18BrNO3. The van der Waals surface area contributed by atoms with Gasteiger partial charge in [0.1, 0.15) is 5.75 Å². The number of hydrogen-bond acceptors (Lipinski definition) is 4. The number of nitrogens with two attached hydrogens (primary N) is 1. The van der Waals surface area contributed by atoms with Crippen molar-refractivity contribution < 1.29 is 14.6 Å². The number of halogens is 1. The molecule has 5 heteroatoms. The molecule has 1 aromatic rings. The summed E-state index contributed by atoms with van der Waals surface area (Å²) in [6.07, 6.45) is 0. The molecule has 18 heavy (non-hydrogen) atoms. The van der Waals surface area contributed by atoms with Crippen molar-refractivity contribution in [3.8, 4) is 5.75 Å². The number of carbonyl (C=O) groups excluding carboxylic acids is 1. The average Bonchev–Trinajstić information content (AvgIpc) is 2.31. The third kappa shape index (κ3) is 2.67. The summed E-state index contributed by atoms with van der Waals surface area (Å²) in [6, 6.07) is 2.86. The van der Waals surface area contributed by atoms with Gasteiger partial charge in [-0.1, -0.05) is 15.9 Å². The minimum Gasteiger partial charge on any atom is -0.507 e. The number of aromatic hydroxyl groups is 1. The highest BCUT2D eigenvalue weighted by Crippen LogP contribution is 2.39. The van der Waals surface area contributed by atoms with Crippen molar-refractivity contribution in [2.45, 2.75) is 26.8 Å². The van der Waals surface area contributed by atoms with Crippen LogP contribution >= 0.6 is 15.9 Å². The van der Waals surface area contributed by atoms with Crippen LogP contribution in [0.4, 0.5) is 0 Å². The quantitative estimate of drug-likeness (QED) is 0.841. The molecule has 3 N–H and O–H groups in total. The maximum atomic E-state index is 11.7. The van der Waals surface area contributed by atoms with Crippen molar-refractivity contribution in [3.05, 3.63) is 27.7 Å². The van der Waals surface area contributed by atoms with Gasteiger partial charge in [-0.05, 0) is 38.5 Å². The molecule has 0 fully saturated rings. The molecule has 0 saturated heterocycles. The lowest BCUT2D eigenvalue weighted by Gasteiger charge is -2.29. The highest BCUT2D eigenvalue weighted by atomic mass is 79.9. The molecule has 0 aliphatic carbocycles. The van der Waals surface area contributed by atoms with E-state index >= 15 is 0 Å². The first-order valence-electron chi connectivity index (χ1n) is 5.54. The van der Waals surface area contributed by atoms with Crippen LogP contribution in [0.15, 0.2) is 16.6 Å². The van der Waals surface area contributed by atoms with E-state index in [9.17, 15) is 9.90 Å². The summed E-state index contributed by atoms with van der Waals surface area (Å²) in [6.45, 7) is 5.17. The maximum Gasteiger partial charge on any atom is 0.313 e. The van der Waals surface area contributed by atoms with Gasteiger partial charge in [0.15, 0.2) is 0 Å². The van der Waals surface area contributed by atoms with Gasteiger partial charge in [0.2, 0.25) is 0 Å². The third-order valence-electron chi connectivity index (χ3n) is 3.12. The molecule has 0 aliphatic rings. The minimum atomic E-state index is -0.917. The second-order valence-electron chi connectivity index (χ2n) is 4.85. The van der Waals surface area contributed by atoms with Crippen molar-refractivity contribution in [2.75, 3.05) is 7.11 Å². The highest BCUT2D eigenvalue weighted by molar-refractivity contribution is 9.10. The number of methoxy groups -OCH3 is 1. The predicted molar refractivity (Wildman–Crippen MR) is 73.3 cm³/mol. The number of carbonyl (C=O) groups is 1. The Morgan fingerprint density at radius 2 is 2.06 bits per heavy atom. The first kappa shape index (κ1) is 15.0. The van der Waals surface area contributed by atoms with Gasteiger partial charge in [0.25, 0.3) is 0 Å². The van der Waals surface area contributed by atoms with Crippen molar-refractivity contribution >= 4 is 21.9 Å². The van der Waals surface area contributed by atoms with Gasteiger partial charge in [0.05, 0.1) is 12.5 Å². The monoisotopic (exact) mass is 315 g/mol. The molecule has 100 valence electrons.